The first kappa shape index (κ1) is 19.8. The number of non-ortho nitro benzene ring substituents is 1. The Balaban J connectivity index is 2.02. The number of carbonyl (C=O) groups excluding carboxylic acids is 2. The van der Waals surface area contributed by atoms with Crippen molar-refractivity contribution in [3.63, 3.8) is 0 Å². The molecule has 1 aliphatic heterocycles. The monoisotopic (exact) mass is 416 g/mol. The molecule has 1 saturated heterocycles. The fourth-order valence-corrected chi connectivity index (χ4v) is 2.85. The van der Waals surface area contributed by atoms with Crippen LogP contribution in [0.2, 0.25) is 0 Å². The van der Waals surface area contributed by atoms with Gasteiger partial charge in [-0.05, 0) is 36.5 Å². The number of carbonyl (C=O) groups is 2. The second kappa shape index (κ2) is 7.24. The smallest absolute Gasteiger partial charge is 0.287 e. The zero-order valence-corrected chi connectivity index (χ0v) is 15.8. The van der Waals surface area contributed by atoms with Crippen molar-refractivity contribution in [2.45, 2.75) is 0 Å². The summed E-state index contributed by atoms with van der Waals surface area (Å²) in [5, 5.41) is 22.2. The van der Waals surface area contributed by atoms with E-state index in [9.17, 15) is 29.8 Å². The highest BCUT2D eigenvalue weighted by Gasteiger charge is 2.35. The molecular formula is C17H12N4O7S. The number of thiocarbonyl (C=S) groups is 1. The lowest BCUT2D eigenvalue weighted by molar-refractivity contribution is -0.393. The highest BCUT2D eigenvalue weighted by molar-refractivity contribution is 7.80. The van der Waals surface area contributed by atoms with E-state index in [2.05, 4.69) is 0 Å². The van der Waals surface area contributed by atoms with Crippen molar-refractivity contribution >= 4 is 46.6 Å². The van der Waals surface area contributed by atoms with Gasteiger partial charge < -0.3 is 4.42 Å². The van der Waals surface area contributed by atoms with Crippen LogP contribution in [0, 0.1) is 20.2 Å². The van der Waals surface area contributed by atoms with Crippen LogP contribution >= 0.6 is 12.2 Å². The van der Waals surface area contributed by atoms with Gasteiger partial charge in [0.05, 0.1) is 21.5 Å². The van der Waals surface area contributed by atoms with E-state index < -0.39 is 33.0 Å². The quantitative estimate of drug-likeness (QED) is 0.243. The second-order valence-electron chi connectivity index (χ2n) is 5.99. The molecule has 1 aliphatic rings. The lowest BCUT2D eigenvalue weighted by Crippen LogP contribution is -2.52. The van der Waals surface area contributed by atoms with Gasteiger partial charge in [-0.3, -0.25) is 39.6 Å². The van der Waals surface area contributed by atoms with E-state index in [-0.39, 0.29) is 27.8 Å². The van der Waals surface area contributed by atoms with Crippen LogP contribution in [0.15, 0.2) is 40.3 Å². The van der Waals surface area contributed by atoms with Gasteiger partial charge in [0.15, 0.2) is 5.11 Å². The zero-order valence-electron chi connectivity index (χ0n) is 15.0. The summed E-state index contributed by atoms with van der Waals surface area (Å²) < 4.78 is 5.53. The maximum atomic E-state index is 12.3. The molecule has 2 amide bonds. The topological polar surface area (TPSA) is 140 Å². The molecule has 1 aromatic carbocycles. The molecule has 0 spiro atoms. The Morgan fingerprint density at radius 1 is 1.00 bits per heavy atom. The first-order valence-corrected chi connectivity index (χ1v) is 8.37. The summed E-state index contributed by atoms with van der Waals surface area (Å²) in [7, 11) is 2.85. The summed E-state index contributed by atoms with van der Waals surface area (Å²) in [5.41, 5.74) is -1.12. The van der Waals surface area contributed by atoms with Crippen LogP contribution < -0.4 is 0 Å². The zero-order chi connectivity index (χ0) is 21.5. The Kier molecular flexibility index (Phi) is 4.95. The molecule has 0 radical (unpaired) electrons. The minimum absolute atomic E-state index is 0.0157. The highest BCUT2D eigenvalue weighted by atomic mass is 32.1. The predicted octanol–water partition coefficient (Wildman–Crippen LogP) is 2.36. The Morgan fingerprint density at radius 2 is 1.62 bits per heavy atom. The Bertz CT molecular complexity index is 1090. The molecule has 1 fully saturated rings. The van der Waals surface area contributed by atoms with Crippen LogP contribution in [0.1, 0.15) is 5.76 Å². The van der Waals surface area contributed by atoms with E-state index in [0.717, 1.165) is 21.9 Å². The first-order valence-electron chi connectivity index (χ1n) is 7.96. The molecule has 2 heterocycles. The van der Waals surface area contributed by atoms with E-state index in [1.54, 1.807) is 0 Å². The van der Waals surface area contributed by atoms with Crippen molar-refractivity contribution in [3.8, 4) is 11.3 Å². The fraction of sp³-hybridized carbons (Fsp3) is 0.118. The maximum Gasteiger partial charge on any atom is 0.287 e. The Morgan fingerprint density at radius 3 is 2.17 bits per heavy atom. The molecule has 0 aliphatic carbocycles. The number of amides is 2. The molecular weight excluding hydrogens is 404 g/mol. The van der Waals surface area contributed by atoms with Gasteiger partial charge in [0.25, 0.3) is 23.2 Å². The van der Waals surface area contributed by atoms with Gasteiger partial charge in [0, 0.05) is 20.2 Å². The fourth-order valence-electron chi connectivity index (χ4n) is 2.69. The molecule has 0 unspecified atom stereocenters. The summed E-state index contributed by atoms with van der Waals surface area (Å²) in [6.07, 6.45) is 1.21. The molecule has 148 valence electrons. The Hall–Kier alpha value is -3.93. The second-order valence-corrected chi connectivity index (χ2v) is 6.35. The average Bonchev–Trinajstić information content (AvgIpc) is 3.16. The van der Waals surface area contributed by atoms with E-state index in [1.807, 2.05) is 0 Å². The van der Waals surface area contributed by atoms with Crippen molar-refractivity contribution in [2.75, 3.05) is 14.1 Å². The number of hydrogen-bond donors (Lipinski definition) is 0. The number of furan rings is 1. The molecule has 3 rings (SSSR count). The Labute approximate surface area is 168 Å². The molecule has 11 nitrogen and oxygen atoms in total. The molecule has 2 aromatic rings. The summed E-state index contributed by atoms with van der Waals surface area (Å²) in [4.78, 5) is 47.6. The number of rotatable bonds is 4. The maximum absolute atomic E-state index is 12.3. The third kappa shape index (κ3) is 3.48. The average molecular weight is 416 g/mol. The summed E-state index contributed by atoms with van der Waals surface area (Å²) in [6.45, 7) is 0. The van der Waals surface area contributed by atoms with Crippen LogP contribution in [0.5, 0.6) is 0 Å². The lowest BCUT2D eigenvalue weighted by Gasteiger charge is -2.31. The summed E-state index contributed by atoms with van der Waals surface area (Å²) in [6, 6.07) is 5.96. The van der Waals surface area contributed by atoms with Gasteiger partial charge in [0.1, 0.15) is 17.1 Å². The van der Waals surface area contributed by atoms with Crippen LogP contribution in [-0.2, 0) is 9.59 Å². The molecule has 1 aromatic heterocycles. The van der Waals surface area contributed by atoms with E-state index in [0.29, 0.717) is 0 Å². The summed E-state index contributed by atoms with van der Waals surface area (Å²) in [5.74, 6) is -1.08. The largest absolute Gasteiger partial charge is 0.456 e. The van der Waals surface area contributed by atoms with Crippen molar-refractivity contribution in [3.05, 3.63) is 61.9 Å². The molecule has 0 saturated carbocycles. The number of likely N-dealkylation sites (N-methyl/N-ethyl adjacent to an activating group) is 2. The molecule has 0 bridgehead atoms. The third-order valence-electron chi connectivity index (χ3n) is 4.21. The number of benzene rings is 1. The van der Waals surface area contributed by atoms with E-state index >= 15 is 0 Å². The predicted molar refractivity (Wildman–Crippen MR) is 104 cm³/mol. The van der Waals surface area contributed by atoms with Crippen molar-refractivity contribution in [1.82, 2.24) is 9.80 Å². The minimum Gasteiger partial charge on any atom is -0.456 e. The standard InChI is InChI=1S/C17H12N4O7S/c1-18-15(22)12(16(23)19(2)17(18)29)8-10-4-6-14(28-10)11-5-3-9(20(24)25)7-13(11)21(26)27/h3-8H,1-2H3. The van der Waals surface area contributed by atoms with Crippen molar-refractivity contribution < 1.29 is 23.9 Å². The molecule has 12 heteroatoms. The van der Waals surface area contributed by atoms with Gasteiger partial charge >= 0.3 is 0 Å². The number of nitro groups is 2. The van der Waals surface area contributed by atoms with Crippen LogP contribution in [0.25, 0.3) is 17.4 Å². The first-order chi connectivity index (χ1) is 13.6. The third-order valence-corrected chi connectivity index (χ3v) is 4.76. The van der Waals surface area contributed by atoms with Gasteiger partial charge in [-0.1, -0.05) is 0 Å². The lowest BCUT2D eigenvalue weighted by atomic mass is 10.1. The molecule has 0 N–H and O–H groups in total. The molecule has 0 atom stereocenters. The van der Waals surface area contributed by atoms with Crippen LogP contribution in [-0.4, -0.2) is 50.7 Å². The van der Waals surface area contributed by atoms with Gasteiger partial charge in [-0.15, -0.1) is 0 Å². The van der Waals surface area contributed by atoms with E-state index in [1.165, 1.54) is 38.4 Å². The minimum atomic E-state index is -0.762. The number of nitrogens with zero attached hydrogens (tertiary/aromatic N) is 4. The van der Waals surface area contributed by atoms with Crippen molar-refractivity contribution in [1.29, 1.82) is 0 Å². The van der Waals surface area contributed by atoms with Crippen LogP contribution in [0.4, 0.5) is 11.4 Å². The highest BCUT2D eigenvalue weighted by Crippen LogP contribution is 2.34. The summed E-state index contributed by atoms with van der Waals surface area (Å²) >= 11 is 5.01. The van der Waals surface area contributed by atoms with Gasteiger partial charge in [-0.25, -0.2) is 0 Å². The normalized spacial score (nSPS) is 14.4. The van der Waals surface area contributed by atoms with E-state index in [4.69, 9.17) is 16.6 Å². The van der Waals surface area contributed by atoms with Crippen molar-refractivity contribution in [2.24, 2.45) is 0 Å². The SMILES string of the molecule is CN1C(=O)C(=Cc2ccc(-c3ccc([N+](=O)[O-])cc3[N+](=O)[O-])o2)C(=O)N(C)C1=S. The molecule has 29 heavy (non-hydrogen) atoms. The number of nitro benzene ring substituents is 2. The van der Waals surface area contributed by atoms with Gasteiger partial charge in [-0.2, -0.15) is 0 Å². The number of hydrogen-bond acceptors (Lipinski definition) is 8. The van der Waals surface area contributed by atoms with Gasteiger partial charge in [0.2, 0.25) is 0 Å². The van der Waals surface area contributed by atoms with Crippen LogP contribution in [0.3, 0.4) is 0 Å².